The predicted octanol–water partition coefficient (Wildman–Crippen LogP) is 3.39. The zero-order valence-electron chi connectivity index (χ0n) is 17.2. The van der Waals surface area contributed by atoms with Gasteiger partial charge in [0, 0.05) is 12.6 Å². The summed E-state index contributed by atoms with van der Waals surface area (Å²) in [6.45, 7) is 6.09. The van der Waals surface area contributed by atoms with Crippen LogP contribution in [0.2, 0.25) is 0 Å². The van der Waals surface area contributed by atoms with Gasteiger partial charge in [-0.25, -0.2) is 18.1 Å². The molecule has 0 bridgehead atoms. The number of H-pyrrole nitrogens is 1. The van der Waals surface area contributed by atoms with E-state index in [1.807, 2.05) is 38.1 Å². The van der Waals surface area contributed by atoms with Crippen LogP contribution in [0.1, 0.15) is 38.2 Å². The lowest BCUT2D eigenvalue weighted by Crippen LogP contribution is -2.31. The molecule has 0 radical (unpaired) electrons. The molecule has 1 aromatic heterocycles. The van der Waals surface area contributed by atoms with Crippen LogP contribution >= 0.6 is 0 Å². The van der Waals surface area contributed by atoms with E-state index in [2.05, 4.69) is 20.0 Å². The summed E-state index contributed by atoms with van der Waals surface area (Å²) in [5, 5.41) is 2.99. The molecule has 1 heterocycles. The van der Waals surface area contributed by atoms with Gasteiger partial charge < -0.3 is 10.3 Å². The number of hydrogen-bond donors (Lipinski definition) is 3. The van der Waals surface area contributed by atoms with E-state index in [9.17, 15) is 13.2 Å². The number of rotatable bonds is 8. The number of imidazole rings is 1. The number of benzene rings is 2. The molecule has 0 saturated carbocycles. The minimum absolute atomic E-state index is 0.137. The normalized spacial score (nSPS) is 13.2. The van der Waals surface area contributed by atoms with Gasteiger partial charge in [0.25, 0.3) is 0 Å². The molecule has 30 heavy (non-hydrogen) atoms. The molecule has 0 aliphatic carbocycles. The molecule has 0 aliphatic heterocycles. The van der Waals surface area contributed by atoms with Gasteiger partial charge in [-0.05, 0) is 41.8 Å². The van der Waals surface area contributed by atoms with E-state index in [4.69, 9.17) is 0 Å². The number of para-hydroxylation sites is 2. The fourth-order valence-corrected chi connectivity index (χ4v) is 4.12. The summed E-state index contributed by atoms with van der Waals surface area (Å²) in [6, 6.07) is 13.8. The quantitative estimate of drug-likeness (QED) is 0.480. The second kappa shape index (κ2) is 9.23. The first-order chi connectivity index (χ1) is 14.3. The molecule has 1 amide bonds. The lowest BCUT2D eigenvalue weighted by molar-refractivity contribution is -0.117. The van der Waals surface area contributed by atoms with Crippen molar-refractivity contribution < 1.29 is 13.2 Å². The Bertz CT molecular complexity index is 1120. The van der Waals surface area contributed by atoms with Crippen molar-refractivity contribution in [1.82, 2.24) is 20.0 Å². The molecule has 1 unspecified atom stereocenters. The van der Waals surface area contributed by atoms with Crippen LogP contribution in [0.25, 0.3) is 17.1 Å². The first-order valence-corrected chi connectivity index (χ1v) is 11.3. The van der Waals surface area contributed by atoms with Crippen LogP contribution in [-0.4, -0.2) is 30.8 Å². The summed E-state index contributed by atoms with van der Waals surface area (Å²) < 4.78 is 26.4. The molecule has 3 N–H and O–H groups in total. The van der Waals surface area contributed by atoms with Crippen molar-refractivity contribution in [1.29, 1.82) is 0 Å². The molecule has 0 spiro atoms. The van der Waals surface area contributed by atoms with Gasteiger partial charge in [0.2, 0.25) is 15.9 Å². The third kappa shape index (κ3) is 5.14. The van der Waals surface area contributed by atoms with Gasteiger partial charge in [-0.2, -0.15) is 0 Å². The Hall–Kier alpha value is -2.97. The Kier molecular flexibility index (Phi) is 6.69. The number of amides is 1. The maximum Gasteiger partial charge on any atom is 0.244 e. The number of nitrogens with one attached hydrogen (secondary N) is 3. The van der Waals surface area contributed by atoms with E-state index >= 15 is 0 Å². The highest BCUT2D eigenvalue weighted by Crippen LogP contribution is 2.22. The summed E-state index contributed by atoms with van der Waals surface area (Å²) in [5.74, 6) is 0.600. The van der Waals surface area contributed by atoms with Crippen LogP contribution in [-0.2, 0) is 14.8 Å². The molecule has 7 nitrogen and oxygen atoms in total. The number of aromatic nitrogens is 2. The van der Waals surface area contributed by atoms with E-state index in [1.165, 1.54) is 18.2 Å². The Balaban J connectivity index is 1.70. The van der Waals surface area contributed by atoms with E-state index in [0.717, 1.165) is 16.6 Å². The number of carbonyl (C=O) groups is 1. The van der Waals surface area contributed by atoms with Crippen LogP contribution < -0.4 is 10.0 Å². The van der Waals surface area contributed by atoms with Crippen molar-refractivity contribution in [3.8, 4) is 0 Å². The summed E-state index contributed by atoms with van der Waals surface area (Å²) >= 11 is 0. The topological polar surface area (TPSA) is 104 Å². The Morgan fingerprint density at radius 3 is 2.47 bits per heavy atom. The molecule has 0 saturated heterocycles. The molecule has 3 rings (SSSR count). The van der Waals surface area contributed by atoms with Crippen molar-refractivity contribution in [3.05, 3.63) is 66.0 Å². The van der Waals surface area contributed by atoms with Gasteiger partial charge in [0.1, 0.15) is 5.82 Å². The van der Waals surface area contributed by atoms with Crippen molar-refractivity contribution in [2.75, 3.05) is 6.54 Å². The highest BCUT2D eigenvalue weighted by Gasteiger charge is 2.21. The maximum absolute atomic E-state index is 12.5. The molecule has 158 valence electrons. The number of aromatic amines is 1. The highest BCUT2D eigenvalue weighted by atomic mass is 32.2. The Morgan fingerprint density at radius 2 is 1.83 bits per heavy atom. The summed E-state index contributed by atoms with van der Waals surface area (Å²) in [4.78, 5) is 20.5. The zero-order chi connectivity index (χ0) is 21.7. The number of carbonyl (C=O) groups excluding carboxylic acids is 1. The van der Waals surface area contributed by atoms with Gasteiger partial charge in [-0.1, -0.05) is 45.0 Å². The second-order valence-electron chi connectivity index (χ2n) is 7.27. The molecule has 3 aromatic rings. The highest BCUT2D eigenvalue weighted by molar-refractivity contribution is 7.89. The second-order valence-corrected chi connectivity index (χ2v) is 9.04. The predicted molar refractivity (Wildman–Crippen MR) is 118 cm³/mol. The maximum atomic E-state index is 12.5. The summed E-state index contributed by atoms with van der Waals surface area (Å²) in [7, 11) is -3.49. The van der Waals surface area contributed by atoms with E-state index in [0.29, 0.717) is 12.4 Å². The SMILES string of the molecule is CCNS(=O)(=O)c1ccc(C=CC(=O)NC(c2nc3ccccc3[nH]2)C(C)C)cc1. The fraction of sp³-hybridized carbons (Fsp3) is 0.273. The van der Waals surface area contributed by atoms with E-state index < -0.39 is 10.0 Å². The minimum atomic E-state index is -3.49. The first-order valence-electron chi connectivity index (χ1n) is 9.83. The summed E-state index contributed by atoms with van der Waals surface area (Å²) in [6.07, 6.45) is 3.08. The number of nitrogens with zero attached hydrogens (tertiary/aromatic N) is 1. The van der Waals surface area contributed by atoms with Gasteiger partial charge >= 0.3 is 0 Å². The first kappa shape index (κ1) is 21.7. The van der Waals surface area contributed by atoms with Gasteiger partial charge in [-0.3, -0.25) is 4.79 Å². The molecular formula is C22H26N4O3S. The van der Waals surface area contributed by atoms with Gasteiger partial charge in [-0.15, -0.1) is 0 Å². The van der Waals surface area contributed by atoms with Crippen LogP contribution in [0, 0.1) is 5.92 Å². The molecule has 1 atom stereocenters. The van der Waals surface area contributed by atoms with Gasteiger partial charge in [0.05, 0.1) is 22.0 Å². The van der Waals surface area contributed by atoms with Crippen molar-refractivity contribution >= 4 is 33.0 Å². The largest absolute Gasteiger partial charge is 0.342 e. The molecular weight excluding hydrogens is 400 g/mol. The van der Waals surface area contributed by atoms with Gasteiger partial charge in [0.15, 0.2) is 0 Å². The molecule has 0 fully saturated rings. The van der Waals surface area contributed by atoms with E-state index in [1.54, 1.807) is 25.1 Å². The summed E-state index contributed by atoms with van der Waals surface area (Å²) in [5.41, 5.74) is 2.51. The van der Waals surface area contributed by atoms with Crippen LogP contribution in [0.4, 0.5) is 0 Å². The van der Waals surface area contributed by atoms with Crippen molar-refractivity contribution in [3.63, 3.8) is 0 Å². The van der Waals surface area contributed by atoms with Crippen LogP contribution in [0.15, 0.2) is 59.5 Å². The average molecular weight is 427 g/mol. The van der Waals surface area contributed by atoms with Crippen molar-refractivity contribution in [2.45, 2.75) is 31.7 Å². The Labute approximate surface area is 176 Å². The third-order valence-electron chi connectivity index (χ3n) is 4.62. The van der Waals surface area contributed by atoms with Crippen LogP contribution in [0.3, 0.4) is 0 Å². The number of fused-ring (bicyclic) bond motifs is 1. The smallest absolute Gasteiger partial charge is 0.244 e. The minimum Gasteiger partial charge on any atom is -0.342 e. The zero-order valence-corrected chi connectivity index (χ0v) is 18.0. The average Bonchev–Trinajstić information content (AvgIpc) is 3.14. The van der Waals surface area contributed by atoms with E-state index in [-0.39, 0.29) is 22.8 Å². The standard InChI is InChI=1S/C22H26N4O3S/c1-4-23-30(28,29)17-12-9-16(10-13-17)11-14-20(27)26-21(15(2)3)22-24-18-7-5-6-8-19(18)25-22/h5-15,21,23H,4H2,1-3H3,(H,24,25)(H,26,27). The van der Waals surface area contributed by atoms with Crippen molar-refractivity contribution in [2.24, 2.45) is 5.92 Å². The number of sulfonamides is 1. The molecule has 8 heteroatoms. The lowest BCUT2D eigenvalue weighted by atomic mass is 10.0. The van der Waals surface area contributed by atoms with Crippen LogP contribution in [0.5, 0.6) is 0 Å². The Morgan fingerprint density at radius 1 is 1.13 bits per heavy atom. The number of hydrogen-bond acceptors (Lipinski definition) is 4. The molecule has 2 aromatic carbocycles. The monoisotopic (exact) mass is 426 g/mol. The third-order valence-corrected chi connectivity index (χ3v) is 6.18. The molecule has 0 aliphatic rings. The lowest BCUT2D eigenvalue weighted by Gasteiger charge is -2.19. The fourth-order valence-electron chi connectivity index (χ4n) is 3.08.